The second-order valence-electron chi connectivity index (χ2n) is 7.55. The fourth-order valence-electron chi connectivity index (χ4n) is 3.21. The zero-order valence-electron chi connectivity index (χ0n) is 18.2. The lowest BCUT2D eigenvalue weighted by Gasteiger charge is -2.09. The van der Waals surface area contributed by atoms with Crippen LogP contribution in [0.25, 0.3) is 11.1 Å². The molecular formula is C26H18O10. The largest absolute Gasteiger partial charge is 0.504 e. The Labute approximate surface area is 203 Å². The molecule has 0 bridgehead atoms. The number of carbonyl (C=O) groups excluding carboxylic acids is 2. The van der Waals surface area contributed by atoms with Gasteiger partial charge >= 0.3 is 11.9 Å². The van der Waals surface area contributed by atoms with E-state index in [2.05, 4.69) is 0 Å². The molecule has 4 rings (SSSR count). The van der Waals surface area contributed by atoms with Gasteiger partial charge in [-0.15, -0.1) is 0 Å². The second-order valence-corrected chi connectivity index (χ2v) is 7.55. The summed E-state index contributed by atoms with van der Waals surface area (Å²) in [5.74, 6) is -5.44. The summed E-state index contributed by atoms with van der Waals surface area (Å²) < 4.78 is 10.4. The van der Waals surface area contributed by atoms with Gasteiger partial charge in [0.2, 0.25) is 0 Å². The van der Waals surface area contributed by atoms with Crippen LogP contribution in [0.5, 0.6) is 46.0 Å². The predicted molar refractivity (Wildman–Crippen MR) is 125 cm³/mol. The third kappa shape index (κ3) is 4.92. The minimum atomic E-state index is -0.852. The van der Waals surface area contributed by atoms with E-state index in [1.807, 2.05) is 0 Å². The van der Waals surface area contributed by atoms with E-state index in [1.165, 1.54) is 24.3 Å². The van der Waals surface area contributed by atoms with Crippen LogP contribution in [0.4, 0.5) is 0 Å². The number of hydrogen-bond donors (Lipinski definition) is 6. The monoisotopic (exact) mass is 490 g/mol. The van der Waals surface area contributed by atoms with Crippen molar-refractivity contribution >= 4 is 11.9 Å². The highest BCUT2D eigenvalue weighted by Gasteiger charge is 2.17. The molecular weight excluding hydrogens is 472 g/mol. The highest BCUT2D eigenvalue weighted by Crippen LogP contribution is 2.37. The smallest absolute Gasteiger partial charge is 0.343 e. The zero-order chi connectivity index (χ0) is 26.0. The Hall–Kier alpha value is -5.38. The molecule has 0 aromatic heterocycles. The lowest BCUT2D eigenvalue weighted by atomic mass is 10.1. The first-order valence-corrected chi connectivity index (χ1v) is 10.3. The molecule has 4 aromatic rings. The molecule has 0 unspecified atom stereocenters. The minimum Gasteiger partial charge on any atom is -0.504 e. The molecule has 0 spiro atoms. The van der Waals surface area contributed by atoms with Crippen LogP contribution in [-0.4, -0.2) is 42.6 Å². The molecule has 10 nitrogen and oxygen atoms in total. The fourth-order valence-corrected chi connectivity index (χ4v) is 3.21. The van der Waals surface area contributed by atoms with Crippen LogP contribution in [0, 0.1) is 0 Å². The Balaban J connectivity index is 1.42. The number of carbonyl (C=O) groups is 2. The topological polar surface area (TPSA) is 174 Å². The van der Waals surface area contributed by atoms with Crippen LogP contribution in [0.3, 0.4) is 0 Å². The van der Waals surface area contributed by atoms with Crippen LogP contribution in [0.15, 0.2) is 72.8 Å². The molecule has 4 aromatic carbocycles. The number of ether oxygens (including phenoxy) is 2. The molecule has 0 saturated carbocycles. The summed E-state index contributed by atoms with van der Waals surface area (Å²) in [6.45, 7) is 0. The molecule has 182 valence electrons. The van der Waals surface area contributed by atoms with Gasteiger partial charge in [-0.05, 0) is 59.7 Å². The van der Waals surface area contributed by atoms with Gasteiger partial charge in [0, 0.05) is 0 Å². The highest BCUT2D eigenvalue weighted by atomic mass is 16.5. The van der Waals surface area contributed by atoms with Crippen molar-refractivity contribution in [3.63, 3.8) is 0 Å². The summed E-state index contributed by atoms with van der Waals surface area (Å²) in [4.78, 5) is 24.5. The first-order chi connectivity index (χ1) is 17.1. The van der Waals surface area contributed by atoms with Crippen molar-refractivity contribution in [1.29, 1.82) is 0 Å². The Kier molecular flexibility index (Phi) is 6.25. The maximum atomic E-state index is 12.3. The van der Waals surface area contributed by atoms with Gasteiger partial charge in [0.25, 0.3) is 0 Å². The Morgan fingerprint density at radius 2 is 0.750 bits per heavy atom. The highest BCUT2D eigenvalue weighted by molar-refractivity contribution is 5.93. The first-order valence-electron chi connectivity index (χ1n) is 10.3. The summed E-state index contributed by atoms with van der Waals surface area (Å²) in [5, 5.41) is 56.9. The van der Waals surface area contributed by atoms with Crippen molar-refractivity contribution in [2.75, 3.05) is 0 Å². The molecule has 0 aliphatic carbocycles. The van der Waals surface area contributed by atoms with E-state index in [-0.39, 0.29) is 22.6 Å². The number of hydrogen-bond acceptors (Lipinski definition) is 10. The van der Waals surface area contributed by atoms with Gasteiger partial charge in [-0.2, -0.15) is 0 Å². The molecule has 6 N–H and O–H groups in total. The van der Waals surface area contributed by atoms with Crippen molar-refractivity contribution in [3.8, 4) is 57.1 Å². The third-order valence-electron chi connectivity index (χ3n) is 5.07. The molecule has 0 radical (unpaired) electrons. The van der Waals surface area contributed by atoms with E-state index in [0.29, 0.717) is 0 Å². The molecule has 0 aliphatic rings. The first kappa shape index (κ1) is 23.8. The van der Waals surface area contributed by atoms with E-state index in [4.69, 9.17) is 9.47 Å². The van der Waals surface area contributed by atoms with Gasteiger partial charge < -0.3 is 40.1 Å². The van der Waals surface area contributed by atoms with Crippen molar-refractivity contribution in [2.45, 2.75) is 0 Å². The predicted octanol–water partition coefficient (Wildman–Crippen LogP) is 4.03. The standard InChI is InChI=1S/C26H18O10/c27-19-9-15(10-20(28)23(19)31)25(33)35-17-5-1-13(2-6-17)14-3-7-18(8-4-14)36-26(34)16-11-21(29)24(32)22(30)12-16/h1-12,27-32H. The Morgan fingerprint density at radius 1 is 0.472 bits per heavy atom. The number of phenolic OH excluding ortho intramolecular Hbond substituents is 6. The summed E-state index contributed by atoms with van der Waals surface area (Å²) in [7, 11) is 0. The van der Waals surface area contributed by atoms with Crippen molar-refractivity contribution in [3.05, 3.63) is 83.9 Å². The van der Waals surface area contributed by atoms with Gasteiger partial charge in [0.05, 0.1) is 11.1 Å². The molecule has 10 heteroatoms. The molecule has 0 atom stereocenters. The van der Waals surface area contributed by atoms with Gasteiger partial charge in [-0.1, -0.05) is 24.3 Å². The summed E-state index contributed by atoms with van der Waals surface area (Å²) in [6, 6.07) is 16.7. The van der Waals surface area contributed by atoms with Gasteiger partial charge in [-0.3, -0.25) is 0 Å². The number of aromatic hydroxyl groups is 6. The maximum absolute atomic E-state index is 12.3. The molecule has 0 amide bonds. The van der Waals surface area contributed by atoms with Crippen LogP contribution in [0.1, 0.15) is 20.7 Å². The Morgan fingerprint density at radius 3 is 1.03 bits per heavy atom. The van der Waals surface area contributed by atoms with Crippen molar-refractivity contribution in [1.82, 2.24) is 0 Å². The number of rotatable bonds is 5. The van der Waals surface area contributed by atoms with E-state index < -0.39 is 46.4 Å². The number of phenols is 6. The van der Waals surface area contributed by atoms with E-state index in [9.17, 15) is 40.2 Å². The number of benzene rings is 4. The molecule has 0 heterocycles. The fraction of sp³-hybridized carbons (Fsp3) is 0. The molecule has 0 saturated heterocycles. The lowest BCUT2D eigenvalue weighted by molar-refractivity contribution is 0.0724. The molecule has 36 heavy (non-hydrogen) atoms. The van der Waals surface area contributed by atoms with Crippen molar-refractivity contribution < 1.29 is 49.7 Å². The molecule has 0 aliphatic heterocycles. The van der Waals surface area contributed by atoms with Gasteiger partial charge in [-0.25, -0.2) is 9.59 Å². The van der Waals surface area contributed by atoms with Crippen LogP contribution < -0.4 is 9.47 Å². The average molecular weight is 490 g/mol. The minimum absolute atomic E-state index is 0.158. The van der Waals surface area contributed by atoms with Crippen LogP contribution in [0.2, 0.25) is 0 Å². The van der Waals surface area contributed by atoms with Crippen LogP contribution in [-0.2, 0) is 0 Å². The van der Waals surface area contributed by atoms with Crippen molar-refractivity contribution in [2.24, 2.45) is 0 Å². The van der Waals surface area contributed by atoms with E-state index >= 15 is 0 Å². The molecule has 0 fully saturated rings. The van der Waals surface area contributed by atoms with E-state index in [0.717, 1.165) is 35.4 Å². The SMILES string of the molecule is O=C(Oc1ccc(-c2ccc(OC(=O)c3cc(O)c(O)c(O)c3)cc2)cc1)c1cc(O)c(O)c(O)c1. The zero-order valence-corrected chi connectivity index (χ0v) is 18.2. The summed E-state index contributed by atoms with van der Waals surface area (Å²) in [5.41, 5.74) is 1.19. The maximum Gasteiger partial charge on any atom is 0.343 e. The quantitative estimate of drug-likeness (QED) is 0.136. The second kappa shape index (κ2) is 9.47. The third-order valence-corrected chi connectivity index (χ3v) is 5.07. The van der Waals surface area contributed by atoms with Gasteiger partial charge in [0.15, 0.2) is 34.5 Å². The van der Waals surface area contributed by atoms with Crippen LogP contribution >= 0.6 is 0 Å². The lowest BCUT2D eigenvalue weighted by Crippen LogP contribution is -2.08. The Bertz CT molecular complexity index is 1300. The summed E-state index contributed by atoms with van der Waals surface area (Å²) in [6.07, 6.45) is 0. The summed E-state index contributed by atoms with van der Waals surface area (Å²) >= 11 is 0. The average Bonchev–Trinajstić information content (AvgIpc) is 2.86. The normalized spacial score (nSPS) is 10.6. The van der Waals surface area contributed by atoms with Gasteiger partial charge in [0.1, 0.15) is 11.5 Å². The van der Waals surface area contributed by atoms with E-state index in [1.54, 1.807) is 24.3 Å². The number of esters is 2.